The largest absolute Gasteiger partial charge is 0.626 e. The second kappa shape index (κ2) is 2.45. The van der Waals surface area contributed by atoms with E-state index in [9.17, 15) is 5.21 Å². The minimum atomic E-state index is -0.339. The number of rotatable bonds is 0. The highest BCUT2D eigenvalue weighted by Gasteiger charge is 2.25. The maximum atomic E-state index is 11.7. The molecular formula is C8H9BrN2O. The molecule has 1 atom stereocenters. The predicted molar refractivity (Wildman–Crippen MR) is 53.7 cm³/mol. The molecule has 0 spiro atoms. The molecule has 64 valence electrons. The standard InChI is InChI=1S/C8H9BrN2O/c1-11(12)5-10-7-3-2-6(9)4-8(7)11/h2-4,10H,5H2,1H3. The third-order valence-electron chi connectivity index (χ3n) is 2.04. The quantitative estimate of drug-likeness (QED) is 0.547. The molecule has 12 heavy (non-hydrogen) atoms. The maximum Gasteiger partial charge on any atom is 0.158 e. The van der Waals surface area contributed by atoms with Crippen molar-refractivity contribution in [2.45, 2.75) is 0 Å². The molecule has 4 heteroatoms. The van der Waals surface area contributed by atoms with Crippen LogP contribution in [0.4, 0.5) is 11.4 Å². The van der Waals surface area contributed by atoms with Gasteiger partial charge in [0.05, 0.1) is 7.05 Å². The van der Waals surface area contributed by atoms with Gasteiger partial charge >= 0.3 is 0 Å². The molecule has 1 unspecified atom stereocenters. The van der Waals surface area contributed by atoms with Crippen LogP contribution in [0.2, 0.25) is 0 Å². The van der Waals surface area contributed by atoms with E-state index in [-0.39, 0.29) is 4.65 Å². The Hall–Kier alpha value is -0.580. The zero-order valence-electron chi connectivity index (χ0n) is 6.67. The molecule has 0 bridgehead atoms. The van der Waals surface area contributed by atoms with Gasteiger partial charge in [0, 0.05) is 10.5 Å². The van der Waals surface area contributed by atoms with Gasteiger partial charge in [0.2, 0.25) is 0 Å². The lowest BCUT2D eigenvalue weighted by molar-refractivity contribution is 0.500. The van der Waals surface area contributed by atoms with Crippen LogP contribution in [0, 0.1) is 5.21 Å². The summed E-state index contributed by atoms with van der Waals surface area (Å²) in [6, 6.07) is 5.71. The number of hydroxylamine groups is 2. The maximum absolute atomic E-state index is 11.7. The minimum absolute atomic E-state index is 0.339. The Morgan fingerprint density at radius 3 is 3.08 bits per heavy atom. The topological polar surface area (TPSA) is 35.1 Å². The zero-order valence-corrected chi connectivity index (χ0v) is 8.26. The number of hydrogen-bond acceptors (Lipinski definition) is 2. The molecule has 1 aromatic carbocycles. The van der Waals surface area contributed by atoms with Gasteiger partial charge in [-0.15, -0.1) is 0 Å². The van der Waals surface area contributed by atoms with E-state index in [0.29, 0.717) is 6.67 Å². The van der Waals surface area contributed by atoms with Crippen LogP contribution in [0.1, 0.15) is 0 Å². The molecule has 1 aliphatic rings. The summed E-state index contributed by atoms with van der Waals surface area (Å²) in [5.41, 5.74) is 1.74. The molecule has 0 radical (unpaired) electrons. The van der Waals surface area contributed by atoms with Crippen molar-refractivity contribution in [1.29, 1.82) is 0 Å². The van der Waals surface area contributed by atoms with E-state index in [1.165, 1.54) is 0 Å². The average Bonchev–Trinajstić information content (AvgIpc) is 2.28. The van der Waals surface area contributed by atoms with Gasteiger partial charge in [-0.1, -0.05) is 15.9 Å². The van der Waals surface area contributed by atoms with Crippen molar-refractivity contribution >= 4 is 27.3 Å². The van der Waals surface area contributed by atoms with E-state index in [4.69, 9.17) is 0 Å². The Balaban J connectivity index is 2.57. The van der Waals surface area contributed by atoms with Crippen molar-refractivity contribution in [3.63, 3.8) is 0 Å². The molecule has 2 rings (SSSR count). The zero-order chi connectivity index (χ0) is 8.77. The van der Waals surface area contributed by atoms with Crippen molar-refractivity contribution in [2.24, 2.45) is 0 Å². The van der Waals surface area contributed by atoms with Gasteiger partial charge in [-0.3, -0.25) is 0 Å². The summed E-state index contributed by atoms with van der Waals surface area (Å²) in [6.07, 6.45) is 0. The van der Waals surface area contributed by atoms with E-state index in [2.05, 4.69) is 21.2 Å². The summed E-state index contributed by atoms with van der Waals surface area (Å²) in [4.78, 5) is 0. The third kappa shape index (κ3) is 1.12. The highest BCUT2D eigenvalue weighted by molar-refractivity contribution is 9.10. The molecule has 1 N–H and O–H groups in total. The number of anilines is 1. The van der Waals surface area contributed by atoms with Crippen LogP contribution in [0.3, 0.4) is 0 Å². The first-order valence-electron chi connectivity index (χ1n) is 3.70. The second-order valence-corrected chi connectivity index (χ2v) is 4.01. The van der Waals surface area contributed by atoms with Crippen LogP contribution in [-0.2, 0) is 0 Å². The molecule has 1 aliphatic heterocycles. The van der Waals surface area contributed by atoms with E-state index in [0.717, 1.165) is 15.8 Å². The summed E-state index contributed by atoms with van der Waals surface area (Å²) in [5, 5.41) is 14.8. The van der Waals surface area contributed by atoms with E-state index < -0.39 is 0 Å². The van der Waals surface area contributed by atoms with Gasteiger partial charge < -0.3 is 15.2 Å². The van der Waals surface area contributed by atoms with Crippen LogP contribution in [0.25, 0.3) is 0 Å². The SMILES string of the molecule is C[N+]1([O-])CNc2ccc(Br)cc21. The van der Waals surface area contributed by atoms with Gasteiger partial charge in [-0.25, -0.2) is 0 Å². The van der Waals surface area contributed by atoms with Crippen LogP contribution in [-0.4, -0.2) is 13.7 Å². The van der Waals surface area contributed by atoms with E-state index >= 15 is 0 Å². The van der Waals surface area contributed by atoms with Crippen molar-refractivity contribution in [3.05, 3.63) is 27.9 Å². The summed E-state index contributed by atoms with van der Waals surface area (Å²) in [5.74, 6) is 0. The van der Waals surface area contributed by atoms with Crippen LogP contribution in [0.15, 0.2) is 22.7 Å². The molecule has 0 aliphatic carbocycles. The minimum Gasteiger partial charge on any atom is -0.626 e. The Kier molecular flexibility index (Phi) is 1.64. The fourth-order valence-electron chi connectivity index (χ4n) is 1.37. The number of nitrogens with zero attached hydrogens (tertiary/aromatic N) is 1. The number of halogens is 1. The number of benzene rings is 1. The average molecular weight is 229 g/mol. The first-order chi connectivity index (χ1) is 5.59. The Morgan fingerprint density at radius 2 is 2.33 bits per heavy atom. The first-order valence-corrected chi connectivity index (χ1v) is 4.49. The molecule has 0 aromatic heterocycles. The summed E-state index contributed by atoms with van der Waals surface area (Å²) >= 11 is 3.34. The van der Waals surface area contributed by atoms with Gasteiger partial charge in [0.25, 0.3) is 0 Å². The van der Waals surface area contributed by atoms with Crippen molar-refractivity contribution in [3.8, 4) is 0 Å². The molecule has 0 saturated carbocycles. The van der Waals surface area contributed by atoms with Gasteiger partial charge in [0.15, 0.2) is 12.4 Å². The van der Waals surface area contributed by atoms with E-state index in [1.54, 1.807) is 7.05 Å². The van der Waals surface area contributed by atoms with Gasteiger partial charge in [-0.2, -0.15) is 0 Å². The molecule has 1 aromatic rings. The molecular weight excluding hydrogens is 220 g/mol. The Labute approximate surface area is 79.3 Å². The molecule has 0 fully saturated rings. The smallest absolute Gasteiger partial charge is 0.158 e. The van der Waals surface area contributed by atoms with Crippen LogP contribution >= 0.6 is 15.9 Å². The normalized spacial score (nSPS) is 26.6. The van der Waals surface area contributed by atoms with Crippen LogP contribution in [0.5, 0.6) is 0 Å². The second-order valence-electron chi connectivity index (χ2n) is 3.10. The monoisotopic (exact) mass is 228 g/mol. The number of nitrogens with one attached hydrogen (secondary N) is 1. The van der Waals surface area contributed by atoms with Gasteiger partial charge in [-0.05, 0) is 12.1 Å². The number of hydrogen-bond donors (Lipinski definition) is 1. The molecule has 0 amide bonds. The highest BCUT2D eigenvalue weighted by Crippen LogP contribution is 2.36. The number of quaternary nitrogens is 1. The molecule has 1 heterocycles. The number of fused-ring (bicyclic) bond motifs is 1. The fourth-order valence-corrected chi connectivity index (χ4v) is 1.72. The summed E-state index contributed by atoms with van der Waals surface area (Å²) < 4.78 is 0.611. The predicted octanol–water partition coefficient (Wildman–Crippen LogP) is 2.27. The van der Waals surface area contributed by atoms with Crippen molar-refractivity contribution in [2.75, 3.05) is 19.0 Å². The lowest BCUT2D eigenvalue weighted by Crippen LogP contribution is -2.37. The highest BCUT2D eigenvalue weighted by atomic mass is 79.9. The Bertz CT molecular complexity index is 325. The summed E-state index contributed by atoms with van der Waals surface area (Å²) in [6.45, 7) is 0.422. The molecule has 0 saturated heterocycles. The fraction of sp³-hybridized carbons (Fsp3) is 0.250. The lowest BCUT2D eigenvalue weighted by atomic mass is 10.3. The molecule has 3 nitrogen and oxygen atoms in total. The van der Waals surface area contributed by atoms with Crippen molar-refractivity contribution < 1.29 is 0 Å². The van der Waals surface area contributed by atoms with Crippen LogP contribution < -0.4 is 9.96 Å². The van der Waals surface area contributed by atoms with Gasteiger partial charge in [0.1, 0.15) is 5.69 Å². The lowest BCUT2D eigenvalue weighted by Gasteiger charge is -2.32. The summed E-state index contributed by atoms with van der Waals surface area (Å²) in [7, 11) is 1.64. The van der Waals surface area contributed by atoms with Crippen molar-refractivity contribution in [1.82, 2.24) is 4.65 Å². The third-order valence-corrected chi connectivity index (χ3v) is 2.53. The first kappa shape index (κ1) is 8.04. The van der Waals surface area contributed by atoms with E-state index in [1.807, 2.05) is 18.2 Å². The Morgan fingerprint density at radius 1 is 1.58 bits per heavy atom.